The fourth-order valence-electron chi connectivity index (χ4n) is 1.80. The summed E-state index contributed by atoms with van der Waals surface area (Å²) in [6.07, 6.45) is -0.814. The Balaban J connectivity index is 1.71. The number of carbonyl (C=O) groups excluding carboxylic acids is 2. The molecule has 0 aliphatic heterocycles. The molecule has 0 fully saturated rings. The molecule has 23 heavy (non-hydrogen) atoms. The second-order valence-corrected chi connectivity index (χ2v) is 7.08. The van der Waals surface area contributed by atoms with Gasteiger partial charge < -0.3 is 10.1 Å². The fourth-order valence-corrected chi connectivity index (χ4v) is 3.44. The van der Waals surface area contributed by atoms with Crippen LogP contribution in [0.5, 0.6) is 0 Å². The molecule has 0 aliphatic rings. The molecule has 1 aromatic heterocycles. The maximum Gasteiger partial charge on any atom is 0.316 e. The molecule has 1 heterocycles. The van der Waals surface area contributed by atoms with Crippen molar-refractivity contribution in [1.29, 1.82) is 0 Å². The van der Waals surface area contributed by atoms with Crippen molar-refractivity contribution < 1.29 is 14.3 Å². The monoisotopic (exact) mass is 349 g/mol. The number of rotatable bonds is 7. The number of ether oxygens (including phenoxy) is 1. The molecule has 6 heteroatoms. The van der Waals surface area contributed by atoms with Crippen LogP contribution in [0, 0.1) is 6.92 Å². The highest BCUT2D eigenvalue weighted by molar-refractivity contribution is 7.99. The van der Waals surface area contributed by atoms with Crippen molar-refractivity contribution in [3.05, 3.63) is 52.2 Å². The molecular formula is C17H19NO3S2. The molecule has 1 amide bonds. The van der Waals surface area contributed by atoms with Gasteiger partial charge in [0.15, 0.2) is 6.10 Å². The first-order valence-electron chi connectivity index (χ1n) is 7.22. The quantitative estimate of drug-likeness (QED) is 0.771. The first-order chi connectivity index (χ1) is 11.0. The van der Waals surface area contributed by atoms with Crippen LogP contribution in [0.3, 0.4) is 0 Å². The van der Waals surface area contributed by atoms with E-state index in [-0.39, 0.29) is 17.6 Å². The summed E-state index contributed by atoms with van der Waals surface area (Å²) in [5.41, 5.74) is 1.81. The van der Waals surface area contributed by atoms with Gasteiger partial charge in [-0.15, -0.1) is 23.1 Å². The van der Waals surface area contributed by atoms with Crippen molar-refractivity contribution in [2.45, 2.75) is 25.7 Å². The molecule has 0 aliphatic carbocycles. The van der Waals surface area contributed by atoms with Gasteiger partial charge >= 0.3 is 5.97 Å². The number of hydrogen-bond donors (Lipinski definition) is 1. The number of thioether (sulfide) groups is 1. The minimum absolute atomic E-state index is 0.236. The fraction of sp³-hybridized carbons (Fsp3) is 0.294. The van der Waals surface area contributed by atoms with Crippen molar-refractivity contribution in [2.75, 3.05) is 11.1 Å². The van der Waals surface area contributed by atoms with E-state index in [4.69, 9.17) is 4.74 Å². The summed E-state index contributed by atoms with van der Waals surface area (Å²) in [5.74, 6) is 0.306. The van der Waals surface area contributed by atoms with E-state index in [0.29, 0.717) is 5.69 Å². The summed E-state index contributed by atoms with van der Waals surface area (Å²) in [4.78, 5) is 25.0. The second kappa shape index (κ2) is 8.74. The highest BCUT2D eigenvalue weighted by atomic mass is 32.2. The lowest BCUT2D eigenvalue weighted by atomic mass is 10.2. The Hall–Kier alpha value is -1.79. The maximum absolute atomic E-state index is 12.0. The minimum atomic E-state index is -0.814. The molecule has 1 atom stereocenters. The van der Waals surface area contributed by atoms with E-state index < -0.39 is 6.10 Å². The van der Waals surface area contributed by atoms with Gasteiger partial charge in [-0.1, -0.05) is 23.8 Å². The molecule has 0 saturated heterocycles. The number of amides is 1. The Bertz CT molecular complexity index is 638. The van der Waals surface area contributed by atoms with Crippen LogP contribution in [0.2, 0.25) is 0 Å². The van der Waals surface area contributed by atoms with Gasteiger partial charge in [-0.05, 0) is 37.4 Å². The highest BCUT2D eigenvalue weighted by Crippen LogP contribution is 2.17. The van der Waals surface area contributed by atoms with E-state index in [0.717, 1.165) is 11.3 Å². The Morgan fingerprint density at radius 2 is 2.00 bits per heavy atom. The Labute approximate surface area is 144 Å². The largest absolute Gasteiger partial charge is 0.452 e. The van der Waals surface area contributed by atoms with Gasteiger partial charge in [-0.25, -0.2) is 0 Å². The highest BCUT2D eigenvalue weighted by Gasteiger charge is 2.17. The van der Waals surface area contributed by atoms with Crippen LogP contribution < -0.4 is 5.32 Å². The smallest absolute Gasteiger partial charge is 0.316 e. The third-order valence-corrected chi connectivity index (χ3v) is 5.05. The molecule has 122 valence electrons. The third-order valence-electron chi connectivity index (χ3n) is 3.04. The molecular weight excluding hydrogens is 330 g/mol. The standard InChI is InChI=1S/C17H19NO3S2/c1-12-5-7-14(8-6-12)18-17(20)13(2)21-16(19)11-22-10-15-4-3-9-23-15/h3-9,13H,10-11H2,1-2H3,(H,18,20)/t13-/m0/s1. The van der Waals surface area contributed by atoms with Gasteiger partial charge in [0.05, 0.1) is 5.75 Å². The van der Waals surface area contributed by atoms with Gasteiger partial charge in [0.25, 0.3) is 5.91 Å². The molecule has 0 radical (unpaired) electrons. The predicted molar refractivity (Wildman–Crippen MR) is 95.8 cm³/mol. The van der Waals surface area contributed by atoms with E-state index in [2.05, 4.69) is 5.32 Å². The Kier molecular flexibility index (Phi) is 6.67. The van der Waals surface area contributed by atoms with Gasteiger partial charge in [0.1, 0.15) is 0 Å². The van der Waals surface area contributed by atoms with Crippen LogP contribution in [-0.2, 0) is 20.1 Å². The Morgan fingerprint density at radius 1 is 1.26 bits per heavy atom. The lowest BCUT2D eigenvalue weighted by molar-refractivity contribution is -0.150. The molecule has 4 nitrogen and oxygen atoms in total. The van der Waals surface area contributed by atoms with Crippen LogP contribution in [-0.4, -0.2) is 23.7 Å². The summed E-state index contributed by atoms with van der Waals surface area (Å²) in [7, 11) is 0. The molecule has 2 aromatic rings. The zero-order valence-electron chi connectivity index (χ0n) is 13.1. The number of carbonyl (C=O) groups is 2. The molecule has 0 bridgehead atoms. The number of hydrogen-bond acceptors (Lipinski definition) is 5. The van der Waals surface area contributed by atoms with Crippen LogP contribution in [0.25, 0.3) is 0 Å². The van der Waals surface area contributed by atoms with E-state index in [1.165, 1.54) is 16.6 Å². The lowest BCUT2D eigenvalue weighted by Gasteiger charge is -2.13. The number of nitrogens with one attached hydrogen (secondary N) is 1. The topological polar surface area (TPSA) is 55.4 Å². The number of benzene rings is 1. The first kappa shape index (κ1) is 17.6. The maximum atomic E-state index is 12.0. The zero-order valence-corrected chi connectivity index (χ0v) is 14.7. The molecule has 0 unspecified atom stereocenters. The van der Waals surface area contributed by atoms with Crippen LogP contribution in [0.4, 0.5) is 5.69 Å². The summed E-state index contributed by atoms with van der Waals surface area (Å²) in [6.45, 7) is 3.55. The van der Waals surface area contributed by atoms with Gasteiger partial charge in [-0.2, -0.15) is 0 Å². The molecule has 1 N–H and O–H groups in total. The third kappa shape index (κ3) is 6.08. The van der Waals surface area contributed by atoms with Crippen molar-refractivity contribution in [3.8, 4) is 0 Å². The van der Waals surface area contributed by atoms with E-state index in [1.807, 2.05) is 48.7 Å². The molecule has 2 rings (SSSR count). The predicted octanol–water partition coefficient (Wildman–Crippen LogP) is 3.86. The van der Waals surface area contributed by atoms with E-state index in [9.17, 15) is 9.59 Å². The van der Waals surface area contributed by atoms with Crippen molar-refractivity contribution in [1.82, 2.24) is 0 Å². The molecule has 0 spiro atoms. The van der Waals surface area contributed by atoms with Gasteiger partial charge in [-0.3, -0.25) is 9.59 Å². The lowest BCUT2D eigenvalue weighted by Crippen LogP contribution is -2.30. The molecule has 0 saturated carbocycles. The number of anilines is 1. The number of thiophene rings is 1. The van der Waals surface area contributed by atoms with E-state index in [1.54, 1.807) is 18.3 Å². The van der Waals surface area contributed by atoms with Crippen LogP contribution in [0.1, 0.15) is 17.4 Å². The summed E-state index contributed by atoms with van der Waals surface area (Å²) in [6, 6.07) is 11.5. The van der Waals surface area contributed by atoms with Crippen LogP contribution in [0.15, 0.2) is 41.8 Å². The van der Waals surface area contributed by atoms with Crippen molar-refractivity contribution >= 4 is 40.7 Å². The Morgan fingerprint density at radius 3 is 2.65 bits per heavy atom. The number of aryl methyl sites for hydroxylation is 1. The normalized spacial score (nSPS) is 11.7. The van der Waals surface area contributed by atoms with Crippen LogP contribution >= 0.6 is 23.1 Å². The van der Waals surface area contributed by atoms with Crippen molar-refractivity contribution in [2.24, 2.45) is 0 Å². The van der Waals surface area contributed by atoms with Crippen molar-refractivity contribution in [3.63, 3.8) is 0 Å². The average Bonchev–Trinajstić information content (AvgIpc) is 3.02. The van der Waals surface area contributed by atoms with Gasteiger partial charge in [0.2, 0.25) is 0 Å². The summed E-state index contributed by atoms with van der Waals surface area (Å²) < 4.78 is 5.16. The average molecular weight is 349 g/mol. The number of esters is 1. The minimum Gasteiger partial charge on any atom is -0.452 e. The van der Waals surface area contributed by atoms with E-state index >= 15 is 0 Å². The second-order valence-electron chi connectivity index (χ2n) is 5.06. The summed E-state index contributed by atoms with van der Waals surface area (Å²) in [5, 5.41) is 4.74. The first-order valence-corrected chi connectivity index (χ1v) is 9.25. The van der Waals surface area contributed by atoms with Gasteiger partial charge in [0, 0.05) is 16.3 Å². The SMILES string of the molecule is Cc1ccc(NC(=O)[C@H](C)OC(=O)CSCc2cccs2)cc1. The summed E-state index contributed by atoms with van der Waals surface area (Å²) >= 11 is 3.14. The zero-order chi connectivity index (χ0) is 16.7. The molecule has 1 aromatic carbocycles.